The first-order chi connectivity index (χ1) is 11.3. The van der Waals surface area contributed by atoms with Gasteiger partial charge in [0.05, 0.1) is 0 Å². The molecule has 0 spiro atoms. The Hall–Kier alpha value is -2.24. The molecule has 0 aliphatic heterocycles. The Morgan fingerprint density at radius 3 is 1.29 bits per heavy atom. The fourth-order valence-corrected chi connectivity index (χ4v) is 3.81. The molecule has 0 saturated heterocycles. The second-order valence-electron chi connectivity index (χ2n) is 6.21. The van der Waals surface area contributed by atoms with Crippen molar-refractivity contribution in [3.05, 3.63) is 58.7 Å². The number of phenols is 2. The second-order valence-corrected chi connectivity index (χ2v) is 6.21. The van der Waals surface area contributed by atoms with E-state index >= 15 is 0 Å². The monoisotopic (exact) mass is 340 g/mol. The number of hydrogen-bond acceptors (Lipinski definition) is 2. The molecule has 0 radical (unpaired) electrons. The van der Waals surface area contributed by atoms with Crippen LogP contribution < -0.4 is 0 Å². The smallest absolute Gasteiger partial charge is 0.133 e. The molecule has 6 heteroatoms. The van der Waals surface area contributed by atoms with Gasteiger partial charge >= 0.3 is 0 Å². The highest BCUT2D eigenvalue weighted by Gasteiger charge is 2.44. The molecule has 2 nitrogen and oxygen atoms in total. The number of phenolic OH excluding ortho intramolecular Hbond substituents is 2. The van der Waals surface area contributed by atoms with Gasteiger partial charge in [-0.25, -0.2) is 17.6 Å². The molecule has 24 heavy (non-hydrogen) atoms. The molecular formula is C18H16F4O2. The molecule has 1 aliphatic rings. The molecule has 1 saturated carbocycles. The van der Waals surface area contributed by atoms with Crippen LogP contribution in [0.3, 0.4) is 0 Å². The van der Waals surface area contributed by atoms with E-state index in [9.17, 15) is 27.8 Å². The van der Waals surface area contributed by atoms with Crippen molar-refractivity contribution in [3.63, 3.8) is 0 Å². The third kappa shape index (κ3) is 2.60. The van der Waals surface area contributed by atoms with Gasteiger partial charge in [-0.1, -0.05) is 19.3 Å². The van der Waals surface area contributed by atoms with Crippen LogP contribution in [0, 0.1) is 23.3 Å². The molecule has 0 atom stereocenters. The van der Waals surface area contributed by atoms with Crippen LogP contribution in [0.15, 0.2) is 24.3 Å². The van der Waals surface area contributed by atoms with Gasteiger partial charge in [0.1, 0.15) is 34.8 Å². The van der Waals surface area contributed by atoms with Crippen molar-refractivity contribution >= 4 is 0 Å². The molecule has 0 aromatic heterocycles. The number of hydrogen-bond donors (Lipinski definition) is 2. The summed E-state index contributed by atoms with van der Waals surface area (Å²) in [4.78, 5) is 0. The number of rotatable bonds is 2. The van der Waals surface area contributed by atoms with Crippen LogP contribution in [0.4, 0.5) is 17.6 Å². The maximum atomic E-state index is 14.5. The highest BCUT2D eigenvalue weighted by Crippen LogP contribution is 2.49. The van der Waals surface area contributed by atoms with Crippen molar-refractivity contribution in [2.24, 2.45) is 0 Å². The van der Waals surface area contributed by atoms with Gasteiger partial charge in [0.2, 0.25) is 0 Å². The Bertz CT molecular complexity index is 677. The quantitative estimate of drug-likeness (QED) is 0.763. The molecule has 1 aliphatic carbocycles. The predicted octanol–water partition coefficient (Wildman–Crippen LogP) is 4.90. The van der Waals surface area contributed by atoms with E-state index < -0.39 is 51.3 Å². The van der Waals surface area contributed by atoms with Crippen molar-refractivity contribution in [2.75, 3.05) is 0 Å². The topological polar surface area (TPSA) is 40.5 Å². The van der Waals surface area contributed by atoms with Crippen molar-refractivity contribution in [2.45, 2.75) is 37.5 Å². The third-order valence-electron chi connectivity index (χ3n) is 4.72. The largest absolute Gasteiger partial charge is 0.508 e. The maximum Gasteiger partial charge on any atom is 0.133 e. The molecule has 2 aromatic rings. The average Bonchev–Trinajstić information content (AvgIpc) is 2.45. The molecule has 0 amide bonds. The normalized spacial score (nSPS) is 17.0. The lowest BCUT2D eigenvalue weighted by molar-refractivity contribution is 0.301. The lowest BCUT2D eigenvalue weighted by Gasteiger charge is -2.39. The van der Waals surface area contributed by atoms with E-state index in [1.54, 1.807) is 0 Å². The van der Waals surface area contributed by atoms with Crippen LogP contribution in [-0.2, 0) is 5.41 Å². The van der Waals surface area contributed by atoms with Crippen LogP contribution >= 0.6 is 0 Å². The standard InChI is InChI=1S/C18H16F4O2/c19-12-6-10(23)7-13(20)16(12)18(4-2-1-3-5-18)17-14(21)8-11(24)9-15(17)22/h6-9,23-24H,1-5H2. The van der Waals surface area contributed by atoms with Gasteiger partial charge in [-0.05, 0) is 12.8 Å². The van der Waals surface area contributed by atoms with Crippen molar-refractivity contribution < 1.29 is 27.8 Å². The van der Waals surface area contributed by atoms with Crippen LogP contribution in [0.1, 0.15) is 43.2 Å². The average molecular weight is 340 g/mol. The molecule has 128 valence electrons. The Labute approximate surface area is 136 Å². The molecule has 0 bridgehead atoms. The fourth-order valence-electron chi connectivity index (χ4n) is 3.81. The summed E-state index contributed by atoms with van der Waals surface area (Å²) in [5, 5.41) is 18.7. The minimum atomic E-state index is -1.51. The minimum absolute atomic E-state index is 0.171. The summed E-state index contributed by atoms with van der Waals surface area (Å²) in [5.41, 5.74) is -2.39. The van der Waals surface area contributed by atoms with Crippen molar-refractivity contribution in [3.8, 4) is 11.5 Å². The first kappa shape index (κ1) is 16.6. The van der Waals surface area contributed by atoms with E-state index in [4.69, 9.17) is 0 Å². The number of benzene rings is 2. The van der Waals surface area contributed by atoms with Gasteiger partial charge in [-0.2, -0.15) is 0 Å². The molecular weight excluding hydrogens is 324 g/mol. The zero-order chi connectivity index (χ0) is 17.5. The summed E-state index contributed by atoms with van der Waals surface area (Å²) in [6, 6.07) is 2.96. The highest BCUT2D eigenvalue weighted by atomic mass is 19.1. The van der Waals surface area contributed by atoms with E-state index in [0.717, 1.165) is 30.7 Å². The first-order valence-corrected chi connectivity index (χ1v) is 7.72. The van der Waals surface area contributed by atoms with E-state index in [-0.39, 0.29) is 12.8 Å². The second kappa shape index (κ2) is 6.00. The van der Waals surface area contributed by atoms with Gasteiger partial charge in [-0.15, -0.1) is 0 Å². The van der Waals surface area contributed by atoms with Gasteiger partial charge in [0, 0.05) is 40.8 Å². The highest BCUT2D eigenvalue weighted by molar-refractivity contribution is 5.46. The molecule has 0 heterocycles. The molecule has 2 N–H and O–H groups in total. The number of aromatic hydroxyl groups is 2. The zero-order valence-corrected chi connectivity index (χ0v) is 12.8. The van der Waals surface area contributed by atoms with E-state index in [2.05, 4.69) is 0 Å². The lowest BCUT2D eigenvalue weighted by atomic mass is 9.64. The maximum absolute atomic E-state index is 14.5. The van der Waals surface area contributed by atoms with E-state index in [1.165, 1.54) is 0 Å². The predicted molar refractivity (Wildman–Crippen MR) is 79.9 cm³/mol. The van der Waals surface area contributed by atoms with Gasteiger partial charge in [0.25, 0.3) is 0 Å². The molecule has 3 rings (SSSR count). The Balaban J connectivity index is 2.32. The molecule has 0 unspecified atom stereocenters. The van der Waals surface area contributed by atoms with Gasteiger partial charge in [-0.3, -0.25) is 0 Å². The first-order valence-electron chi connectivity index (χ1n) is 7.72. The zero-order valence-electron chi connectivity index (χ0n) is 12.8. The van der Waals surface area contributed by atoms with Gasteiger partial charge < -0.3 is 10.2 Å². The summed E-state index contributed by atoms with van der Waals surface area (Å²) in [6.45, 7) is 0. The van der Waals surface area contributed by atoms with Crippen molar-refractivity contribution in [1.82, 2.24) is 0 Å². The summed E-state index contributed by atoms with van der Waals surface area (Å²) in [6.07, 6.45) is 2.25. The molecule has 2 aromatic carbocycles. The SMILES string of the molecule is Oc1cc(F)c(C2(c3c(F)cc(O)cc3F)CCCCC2)c(F)c1. The van der Waals surface area contributed by atoms with Crippen LogP contribution in [0.2, 0.25) is 0 Å². The molecule has 1 fully saturated rings. The number of halogens is 4. The minimum Gasteiger partial charge on any atom is -0.508 e. The Morgan fingerprint density at radius 1 is 0.625 bits per heavy atom. The van der Waals surface area contributed by atoms with Crippen molar-refractivity contribution in [1.29, 1.82) is 0 Å². The lowest BCUT2D eigenvalue weighted by Crippen LogP contribution is -2.35. The van der Waals surface area contributed by atoms with E-state index in [1.807, 2.05) is 0 Å². The van der Waals surface area contributed by atoms with Crippen LogP contribution in [-0.4, -0.2) is 10.2 Å². The van der Waals surface area contributed by atoms with Gasteiger partial charge in [0.15, 0.2) is 0 Å². The summed E-state index contributed by atoms with van der Waals surface area (Å²) in [7, 11) is 0. The Kier molecular flexibility index (Phi) is 4.15. The third-order valence-corrected chi connectivity index (χ3v) is 4.72. The van der Waals surface area contributed by atoms with Crippen LogP contribution in [0.25, 0.3) is 0 Å². The van der Waals surface area contributed by atoms with Crippen LogP contribution in [0.5, 0.6) is 11.5 Å². The fraction of sp³-hybridized carbons (Fsp3) is 0.333. The summed E-state index contributed by atoms with van der Waals surface area (Å²) >= 11 is 0. The Morgan fingerprint density at radius 2 is 0.958 bits per heavy atom. The summed E-state index contributed by atoms with van der Waals surface area (Å²) in [5.74, 6) is -5.34. The van der Waals surface area contributed by atoms with E-state index in [0.29, 0.717) is 12.8 Å². The summed E-state index contributed by atoms with van der Waals surface area (Å²) < 4.78 is 57.9.